The van der Waals surface area contributed by atoms with E-state index in [1.54, 1.807) is 0 Å². The SMILES string of the molecule is COC(=O)C1=CC(Cl)=NCC1=O. The molecule has 1 rings (SSSR count). The van der Waals surface area contributed by atoms with E-state index in [9.17, 15) is 9.59 Å². The summed E-state index contributed by atoms with van der Waals surface area (Å²) in [5.41, 5.74) is -0.0440. The third kappa shape index (κ3) is 1.71. The van der Waals surface area contributed by atoms with Gasteiger partial charge in [-0.15, -0.1) is 0 Å². The van der Waals surface area contributed by atoms with Crippen molar-refractivity contribution in [2.75, 3.05) is 13.7 Å². The predicted octanol–water partition coefficient (Wildman–Crippen LogP) is 0.306. The molecule has 4 nitrogen and oxygen atoms in total. The van der Waals surface area contributed by atoms with Gasteiger partial charge in [0.25, 0.3) is 0 Å². The summed E-state index contributed by atoms with van der Waals surface area (Å²) in [6.07, 6.45) is 1.21. The number of aliphatic imine (C=N–C) groups is 1. The second-order valence-corrected chi connectivity index (χ2v) is 2.50. The number of hydrogen-bond acceptors (Lipinski definition) is 4. The molecule has 0 amide bonds. The Morgan fingerprint density at radius 2 is 2.42 bits per heavy atom. The summed E-state index contributed by atoms with van der Waals surface area (Å²) in [4.78, 5) is 25.5. The van der Waals surface area contributed by atoms with Crippen molar-refractivity contribution in [3.63, 3.8) is 0 Å². The van der Waals surface area contributed by atoms with Crippen LogP contribution in [0, 0.1) is 0 Å². The molecular formula is C7H6ClNO3. The standard InChI is InChI=1S/C7H6ClNO3/c1-12-7(11)4-2-6(8)9-3-5(4)10/h2H,3H2,1H3. The van der Waals surface area contributed by atoms with Crippen molar-refractivity contribution in [1.82, 2.24) is 0 Å². The molecule has 0 unspecified atom stereocenters. The Bertz CT molecular complexity index is 293. The number of hydrogen-bond donors (Lipinski definition) is 0. The van der Waals surface area contributed by atoms with E-state index in [1.165, 1.54) is 13.2 Å². The summed E-state index contributed by atoms with van der Waals surface area (Å²) in [7, 11) is 1.20. The number of ether oxygens (including phenoxy) is 1. The second kappa shape index (κ2) is 3.49. The average molecular weight is 188 g/mol. The fourth-order valence-electron chi connectivity index (χ4n) is 0.760. The van der Waals surface area contributed by atoms with Gasteiger partial charge in [-0.1, -0.05) is 11.6 Å². The Morgan fingerprint density at radius 1 is 1.75 bits per heavy atom. The number of carbonyl (C=O) groups excluding carboxylic acids is 2. The monoisotopic (exact) mass is 187 g/mol. The normalized spacial score (nSPS) is 16.7. The van der Waals surface area contributed by atoms with E-state index in [-0.39, 0.29) is 23.1 Å². The number of halogens is 1. The van der Waals surface area contributed by atoms with Crippen molar-refractivity contribution in [1.29, 1.82) is 0 Å². The molecule has 0 N–H and O–H groups in total. The van der Waals surface area contributed by atoms with Crippen molar-refractivity contribution in [2.24, 2.45) is 4.99 Å². The summed E-state index contributed by atoms with van der Waals surface area (Å²) in [5.74, 6) is -1.04. The van der Waals surface area contributed by atoms with Crippen LogP contribution < -0.4 is 0 Å². The van der Waals surface area contributed by atoms with Gasteiger partial charge in [-0.2, -0.15) is 0 Å². The molecular weight excluding hydrogens is 182 g/mol. The summed E-state index contributed by atoms with van der Waals surface area (Å²) in [5, 5.41) is 0.148. The Morgan fingerprint density at radius 3 is 3.00 bits per heavy atom. The van der Waals surface area contributed by atoms with Gasteiger partial charge in [0, 0.05) is 0 Å². The highest BCUT2D eigenvalue weighted by atomic mass is 35.5. The molecule has 0 aromatic carbocycles. The number of allylic oxidation sites excluding steroid dienone is 1. The maximum atomic E-state index is 11.0. The molecule has 64 valence electrons. The fourth-order valence-corrected chi connectivity index (χ4v) is 0.929. The summed E-state index contributed by atoms with van der Waals surface area (Å²) >= 11 is 5.49. The molecule has 0 aliphatic carbocycles. The predicted molar refractivity (Wildman–Crippen MR) is 43.3 cm³/mol. The molecule has 0 atom stereocenters. The van der Waals surface area contributed by atoms with Crippen molar-refractivity contribution in [2.45, 2.75) is 0 Å². The van der Waals surface area contributed by atoms with E-state index in [2.05, 4.69) is 9.73 Å². The minimum Gasteiger partial charge on any atom is -0.465 e. The summed E-state index contributed by atoms with van der Waals surface area (Å²) < 4.78 is 4.37. The first-order valence-corrected chi connectivity index (χ1v) is 3.56. The van der Waals surface area contributed by atoms with Gasteiger partial charge in [0.05, 0.1) is 7.11 Å². The van der Waals surface area contributed by atoms with Crippen LogP contribution in [0.1, 0.15) is 0 Å². The van der Waals surface area contributed by atoms with Crippen LogP contribution in [0.25, 0.3) is 0 Å². The Labute approximate surface area is 73.9 Å². The maximum absolute atomic E-state index is 11.0. The molecule has 0 aromatic heterocycles. The van der Waals surface area contributed by atoms with Gasteiger partial charge in [-0.25, -0.2) is 4.79 Å². The van der Waals surface area contributed by atoms with E-state index in [0.717, 1.165) is 0 Å². The van der Waals surface area contributed by atoms with E-state index in [1.807, 2.05) is 0 Å². The zero-order valence-corrected chi connectivity index (χ0v) is 7.09. The molecule has 0 saturated heterocycles. The first kappa shape index (κ1) is 8.93. The Hall–Kier alpha value is -1.16. The zero-order valence-electron chi connectivity index (χ0n) is 6.33. The van der Waals surface area contributed by atoms with Crippen LogP contribution in [-0.2, 0) is 14.3 Å². The average Bonchev–Trinajstić information content (AvgIpc) is 2.08. The lowest BCUT2D eigenvalue weighted by Gasteiger charge is -2.06. The third-order valence-corrected chi connectivity index (χ3v) is 1.57. The molecule has 5 heteroatoms. The number of dihydropyridines is 1. The van der Waals surface area contributed by atoms with Crippen molar-refractivity contribution in [3.8, 4) is 0 Å². The molecule has 0 aromatic rings. The number of Topliss-reactive ketones (excluding diaryl/α,β-unsaturated/α-hetero) is 1. The van der Waals surface area contributed by atoms with Gasteiger partial charge in [-0.05, 0) is 6.08 Å². The topological polar surface area (TPSA) is 55.7 Å². The Kier molecular flexibility index (Phi) is 2.60. The van der Waals surface area contributed by atoms with Crippen LogP contribution in [0.5, 0.6) is 0 Å². The number of carbonyl (C=O) groups is 2. The lowest BCUT2D eigenvalue weighted by molar-refractivity contribution is -0.137. The number of rotatable bonds is 1. The van der Waals surface area contributed by atoms with Crippen LogP contribution >= 0.6 is 11.6 Å². The molecule has 0 spiro atoms. The highest BCUT2D eigenvalue weighted by molar-refractivity contribution is 6.69. The number of esters is 1. The van der Waals surface area contributed by atoms with E-state index < -0.39 is 5.97 Å². The minimum atomic E-state index is -0.673. The van der Waals surface area contributed by atoms with E-state index in [4.69, 9.17) is 11.6 Å². The molecule has 1 aliphatic rings. The highest BCUT2D eigenvalue weighted by Gasteiger charge is 2.21. The van der Waals surface area contributed by atoms with Crippen LogP contribution in [0.4, 0.5) is 0 Å². The van der Waals surface area contributed by atoms with Gasteiger partial charge < -0.3 is 4.74 Å². The van der Waals surface area contributed by atoms with E-state index >= 15 is 0 Å². The van der Waals surface area contributed by atoms with Gasteiger partial charge >= 0.3 is 5.97 Å². The van der Waals surface area contributed by atoms with Crippen LogP contribution in [0.2, 0.25) is 0 Å². The first-order valence-electron chi connectivity index (χ1n) is 3.18. The largest absolute Gasteiger partial charge is 0.465 e. The first-order chi connectivity index (χ1) is 5.65. The summed E-state index contributed by atoms with van der Waals surface area (Å²) in [6.45, 7) is -0.0836. The van der Waals surface area contributed by atoms with Crippen LogP contribution in [0.3, 0.4) is 0 Å². The lowest BCUT2D eigenvalue weighted by Crippen LogP contribution is -2.20. The third-order valence-electron chi connectivity index (χ3n) is 1.34. The van der Waals surface area contributed by atoms with Crippen LogP contribution in [0.15, 0.2) is 16.6 Å². The zero-order chi connectivity index (χ0) is 9.14. The van der Waals surface area contributed by atoms with Gasteiger partial charge in [0.15, 0.2) is 5.78 Å². The van der Waals surface area contributed by atoms with Gasteiger partial charge in [-0.3, -0.25) is 9.79 Å². The van der Waals surface area contributed by atoms with E-state index in [0.29, 0.717) is 0 Å². The molecule has 12 heavy (non-hydrogen) atoms. The summed E-state index contributed by atoms with van der Waals surface area (Å²) in [6, 6.07) is 0. The number of ketones is 1. The smallest absolute Gasteiger partial charge is 0.341 e. The van der Waals surface area contributed by atoms with Gasteiger partial charge in [0.2, 0.25) is 0 Å². The quantitative estimate of drug-likeness (QED) is 0.439. The Balaban J connectivity index is 2.93. The van der Waals surface area contributed by atoms with Gasteiger partial charge in [0.1, 0.15) is 17.3 Å². The maximum Gasteiger partial charge on any atom is 0.341 e. The minimum absolute atomic E-state index is 0.0440. The van der Waals surface area contributed by atoms with Crippen molar-refractivity contribution >= 4 is 28.5 Å². The van der Waals surface area contributed by atoms with Crippen LogP contribution in [-0.4, -0.2) is 30.6 Å². The molecule has 0 radical (unpaired) electrons. The highest BCUT2D eigenvalue weighted by Crippen LogP contribution is 2.08. The lowest BCUT2D eigenvalue weighted by atomic mass is 10.1. The fraction of sp³-hybridized carbons (Fsp3) is 0.286. The molecule has 1 aliphatic heterocycles. The van der Waals surface area contributed by atoms with Crippen molar-refractivity contribution < 1.29 is 14.3 Å². The molecule has 0 bridgehead atoms. The molecule has 0 saturated carbocycles. The molecule has 1 heterocycles. The van der Waals surface area contributed by atoms with Crippen molar-refractivity contribution in [3.05, 3.63) is 11.6 Å². The second-order valence-electron chi connectivity index (χ2n) is 2.11. The molecule has 0 fully saturated rings. The number of nitrogens with zero attached hydrogens (tertiary/aromatic N) is 1. The number of methoxy groups -OCH3 is 1.